The van der Waals surface area contributed by atoms with Gasteiger partial charge in [0.25, 0.3) is 0 Å². The van der Waals surface area contributed by atoms with Crippen LogP contribution >= 0.6 is 0 Å². The molecule has 2 aromatic carbocycles. The predicted molar refractivity (Wildman–Crippen MR) is 136 cm³/mol. The Morgan fingerprint density at radius 3 is 2.64 bits per heavy atom. The third-order valence-electron chi connectivity index (χ3n) is 5.68. The number of halogens is 1. The fraction of sp³-hybridized carbons (Fsp3) is 0.217. The van der Waals surface area contributed by atoms with Crippen LogP contribution in [0.25, 0.3) is 27.8 Å². The zero-order valence-corrected chi connectivity index (χ0v) is 20.5. The molecule has 3 heterocycles. The van der Waals surface area contributed by atoms with Crippen LogP contribution in [0, 0.1) is 5.82 Å². The van der Waals surface area contributed by atoms with E-state index in [-0.39, 0.29) is 34.5 Å². The van der Waals surface area contributed by atoms with Crippen molar-refractivity contribution in [2.75, 3.05) is 11.1 Å². The van der Waals surface area contributed by atoms with Gasteiger partial charge in [-0.2, -0.15) is 15.1 Å². The highest BCUT2D eigenvalue weighted by Gasteiger charge is 2.28. The van der Waals surface area contributed by atoms with Crippen LogP contribution in [-0.2, 0) is 22.0 Å². The first-order valence-electron chi connectivity index (χ1n) is 11.0. The number of aromatic nitrogens is 6. The molecule has 0 unspecified atom stereocenters. The maximum Gasteiger partial charge on any atom is 0.335 e. The molecule has 0 radical (unpaired) electrons. The Bertz CT molecular complexity index is 1770. The van der Waals surface area contributed by atoms with Gasteiger partial charge in [-0.25, -0.2) is 17.6 Å². The van der Waals surface area contributed by atoms with Crippen molar-refractivity contribution in [1.82, 2.24) is 29.3 Å². The van der Waals surface area contributed by atoms with E-state index in [2.05, 4.69) is 25.5 Å². The van der Waals surface area contributed by atoms with E-state index in [1.54, 1.807) is 18.3 Å². The van der Waals surface area contributed by atoms with Gasteiger partial charge in [-0.05, 0) is 50.6 Å². The van der Waals surface area contributed by atoms with Crippen LogP contribution in [0.2, 0.25) is 0 Å². The van der Waals surface area contributed by atoms with Crippen molar-refractivity contribution in [2.24, 2.45) is 0 Å². The lowest BCUT2D eigenvalue weighted by molar-refractivity contribution is 0.392. The Morgan fingerprint density at radius 2 is 1.94 bits per heavy atom. The summed E-state index contributed by atoms with van der Waals surface area (Å²) in [4.78, 5) is 22.6. The molecule has 11 nitrogen and oxygen atoms in total. The molecule has 36 heavy (non-hydrogen) atoms. The number of aromatic amines is 1. The number of hydrogen-bond donors (Lipinski definition) is 4. The number of imidazole rings is 1. The SMILES string of the molecule is CC(C)(C)n1c(=O)n(-c2cccc3[nH]ncc23)c2c(N)nc(Nc3ccc(C[SH](=O)=O)cc3F)nc21. The van der Waals surface area contributed by atoms with E-state index in [0.29, 0.717) is 16.8 Å². The number of nitrogens with two attached hydrogens (primary N) is 1. The third-order valence-corrected chi connectivity index (χ3v) is 6.30. The lowest BCUT2D eigenvalue weighted by Gasteiger charge is -2.20. The van der Waals surface area contributed by atoms with E-state index in [0.717, 1.165) is 17.0 Å². The van der Waals surface area contributed by atoms with E-state index >= 15 is 0 Å². The van der Waals surface area contributed by atoms with Crippen molar-refractivity contribution < 1.29 is 12.8 Å². The summed E-state index contributed by atoms with van der Waals surface area (Å²) in [7, 11) is -2.68. The van der Waals surface area contributed by atoms with Crippen molar-refractivity contribution in [3.05, 3.63) is 64.5 Å². The summed E-state index contributed by atoms with van der Waals surface area (Å²) in [6, 6.07) is 9.44. The van der Waals surface area contributed by atoms with Crippen molar-refractivity contribution >= 4 is 50.2 Å². The maximum atomic E-state index is 14.7. The van der Waals surface area contributed by atoms with E-state index in [1.165, 1.54) is 21.3 Å². The highest BCUT2D eigenvalue weighted by atomic mass is 32.2. The van der Waals surface area contributed by atoms with Crippen molar-refractivity contribution in [3.63, 3.8) is 0 Å². The minimum atomic E-state index is -2.68. The molecule has 0 aliphatic heterocycles. The highest BCUT2D eigenvalue weighted by Crippen LogP contribution is 2.30. The van der Waals surface area contributed by atoms with Crippen LogP contribution in [0.3, 0.4) is 0 Å². The van der Waals surface area contributed by atoms with E-state index in [4.69, 9.17) is 5.73 Å². The van der Waals surface area contributed by atoms with Gasteiger partial charge < -0.3 is 11.1 Å². The first-order valence-corrected chi connectivity index (χ1v) is 12.3. The van der Waals surface area contributed by atoms with E-state index in [9.17, 15) is 17.6 Å². The van der Waals surface area contributed by atoms with Gasteiger partial charge in [0.15, 0.2) is 11.5 Å². The van der Waals surface area contributed by atoms with Crippen LogP contribution in [0.5, 0.6) is 0 Å². The minimum Gasteiger partial charge on any atom is -0.382 e. The number of hydrogen-bond acceptors (Lipinski definition) is 8. The largest absolute Gasteiger partial charge is 0.382 e. The molecule has 0 fully saturated rings. The van der Waals surface area contributed by atoms with Gasteiger partial charge in [-0.15, -0.1) is 0 Å². The summed E-state index contributed by atoms with van der Waals surface area (Å²) in [5, 5.41) is 10.5. The zero-order chi connectivity index (χ0) is 25.8. The Balaban J connectivity index is 1.70. The molecule has 0 aliphatic rings. The fourth-order valence-electron chi connectivity index (χ4n) is 4.18. The van der Waals surface area contributed by atoms with Crippen LogP contribution < -0.4 is 16.7 Å². The standard InChI is InChI=1S/C23H23FN8O3S/c1-23(2,3)32-20-18(31(22(32)33)17-6-4-5-15-13(17)10-26-30-15)19(25)28-21(29-20)27-16-8-7-12(9-14(16)24)11-36(34)35/h4-10,36H,11H2,1-3H3,(H,26,30)(H3,25,27,28,29). The molecule has 0 atom stereocenters. The zero-order valence-electron chi connectivity index (χ0n) is 19.6. The molecule has 0 saturated heterocycles. The Morgan fingerprint density at radius 1 is 1.17 bits per heavy atom. The number of fused-ring (bicyclic) bond motifs is 2. The minimum absolute atomic E-state index is 0.0155. The monoisotopic (exact) mass is 510 g/mol. The first-order chi connectivity index (χ1) is 17.0. The predicted octanol–water partition coefficient (Wildman–Crippen LogP) is 2.79. The van der Waals surface area contributed by atoms with Gasteiger partial charge in [0.05, 0.1) is 28.8 Å². The van der Waals surface area contributed by atoms with Gasteiger partial charge in [-0.3, -0.25) is 14.2 Å². The number of nitrogens with one attached hydrogen (secondary N) is 2. The van der Waals surface area contributed by atoms with Gasteiger partial charge in [-0.1, -0.05) is 12.1 Å². The molecule has 13 heteroatoms. The highest BCUT2D eigenvalue weighted by molar-refractivity contribution is 7.71. The van der Waals surface area contributed by atoms with Crippen molar-refractivity contribution in [1.29, 1.82) is 0 Å². The van der Waals surface area contributed by atoms with Crippen molar-refractivity contribution in [2.45, 2.75) is 32.1 Å². The molecular formula is C23H23FN8O3S. The number of thiol groups is 1. The Labute approximate surface area is 205 Å². The van der Waals surface area contributed by atoms with Crippen LogP contribution in [0.15, 0.2) is 47.4 Å². The second-order valence-corrected chi connectivity index (χ2v) is 10.2. The number of benzene rings is 2. The average molecular weight is 511 g/mol. The molecule has 0 amide bonds. The Kier molecular flexibility index (Phi) is 5.51. The summed E-state index contributed by atoms with van der Waals surface area (Å²) < 4.78 is 39.5. The summed E-state index contributed by atoms with van der Waals surface area (Å²) in [6.45, 7) is 5.59. The average Bonchev–Trinajstić information content (AvgIpc) is 3.37. The quantitative estimate of drug-likeness (QED) is 0.263. The summed E-state index contributed by atoms with van der Waals surface area (Å²) in [6.07, 6.45) is 1.62. The normalized spacial score (nSPS) is 12.1. The van der Waals surface area contributed by atoms with Gasteiger partial charge in [0, 0.05) is 10.9 Å². The second-order valence-electron chi connectivity index (χ2n) is 9.27. The summed E-state index contributed by atoms with van der Waals surface area (Å²) in [5.74, 6) is -0.942. The molecule has 5 aromatic rings. The lowest BCUT2D eigenvalue weighted by Crippen LogP contribution is -2.34. The number of nitrogens with zero attached hydrogens (tertiary/aromatic N) is 5. The van der Waals surface area contributed by atoms with Crippen LogP contribution in [0.1, 0.15) is 26.3 Å². The topological polar surface area (TPSA) is 154 Å². The number of rotatable bonds is 5. The lowest BCUT2D eigenvalue weighted by atomic mass is 10.1. The van der Waals surface area contributed by atoms with Crippen LogP contribution in [0.4, 0.5) is 21.8 Å². The Hall–Kier alpha value is -4.26. The fourth-order valence-corrected chi connectivity index (χ4v) is 4.67. The molecule has 0 spiro atoms. The molecule has 0 saturated carbocycles. The van der Waals surface area contributed by atoms with Gasteiger partial charge in [0.2, 0.25) is 5.95 Å². The molecular weight excluding hydrogens is 487 g/mol. The van der Waals surface area contributed by atoms with Crippen molar-refractivity contribution in [3.8, 4) is 5.69 Å². The summed E-state index contributed by atoms with van der Waals surface area (Å²) in [5.41, 5.74) is 7.55. The van der Waals surface area contributed by atoms with Gasteiger partial charge >= 0.3 is 5.69 Å². The van der Waals surface area contributed by atoms with E-state index < -0.39 is 22.1 Å². The number of nitrogen functional groups attached to an aromatic ring is 1. The first kappa shape index (κ1) is 23.5. The van der Waals surface area contributed by atoms with E-state index in [1.807, 2.05) is 26.8 Å². The molecule has 3 aromatic heterocycles. The number of H-pyrrole nitrogens is 1. The van der Waals surface area contributed by atoms with Gasteiger partial charge in [0.1, 0.15) is 22.0 Å². The molecule has 5 rings (SSSR count). The summed E-state index contributed by atoms with van der Waals surface area (Å²) >= 11 is 0. The number of anilines is 3. The second kappa shape index (κ2) is 8.45. The van der Waals surface area contributed by atoms with Crippen LogP contribution in [-0.4, -0.2) is 37.7 Å². The molecule has 0 bridgehead atoms. The maximum absolute atomic E-state index is 14.7. The molecule has 0 aliphatic carbocycles. The molecule has 186 valence electrons. The molecule has 4 N–H and O–H groups in total. The third kappa shape index (κ3) is 3.96. The smallest absolute Gasteiger partial charge is 0.335 e.